The number of rotatable bonds is 2. The Balaban J connectivity index is 1.86. The highest BCUT2D eigenvalue weighted by Gasteiger charge is 2.33. The smallest absolute Gasteiger partial charge is 0.149 e. The van der Waals surface area contributed by atoms with Crippen LogP contribution in [-0.2, 0) is 0 Å². The van der Waals surface area contributed by atoms with Crippen LogP contribution < -0.4 is 10.9 Å². The van der Waals surface area contributed by atoms with Gasteiger partial charge in [-0.15, -0.1) is 0 Å². The molecule has 19 heavy (non-hydrogen) atoms. The highest BCUT2D eigenvalue weighted by atomic mass is 35.5. The van der Waals surface area contributed by atoms with Crippen molar-refractivity contribution in [3.63, 3.8) is 0 Å². The first-order valence-corrected chi connectivity index (χ1v) is 6.78. The fraction of sp³-hybridized carbons (Fsp3) is 0.214. The van der Waals surface area contributed by atoms with Crippen molar-refractivity contribution in [2.45, 2.75) is 18.8 Å². The molecule has 2 aromatic rings. The molecule has 0 atom stereocenters. The molecule has 0 amide bonds. The lowest BCUT2D eigenvalue weighted by Crippen LogP contribution is -2.25. The molecule has 1 aromatic carbocycles. The zero-order valence-corrected chi connectivity index (χ0v) is 11.0. The van der Waals surface area contributed by atoms with E-state index < -0.39 is 0 Å². The van der Waals surface area contributed by atoms with Crippen molar-refractivity contribution in [2.24, 2.45) is 0 Å². The molecule has 0 saturated heterocycles. The van der Waals surface area contributed by atoms with E-state index in [2.05, 4.69) is 21.0 Å². The largest absolute Gasteiger partial charge is 0.297 e. The van der Waals surface area contributed by atoms with Gasteiger partial charge in [-0.3, -0.25) is 16.0 Å². The zero-order chi connectivity index (χ0) is 12.8. The number of hydrogen-bond acceptors (Lipinski definition) is 3. The minimum absolute atomic E-state index is 0.561. The number of halogens is 1. The summed E-state index contributed by atoms with van der Waals surface area (Å²) in [5, 5.41) is 8.13. The van der Waals surface area contributed by atoms with Gasteiger partial charge in [0.05, 0.1) is 22.0 Å². The molecule has 1 aliphatic carbocycles. The Labute approximate surface area is 115 Å². The number of anilines is 1. The summed E-state index contributed by atoms with van der Waals surface area (Å²) in [5.41, 5.74) is 10.3. The molecule has 2 aliphatic rings. The number of nitrogens with zero attached hydrogens (tertiary/aromatic N) is 1. The number of nitrogens with one attached hydrogen (secondary N) is 3. The Morgan fingerprint density at radius 3 is 2.63 bits per heavy atom. The third kappa shape index (κ3) is 1.71. The first-order valence-electron chi connectivity index (χ1n) is 6.40. The number of hydrazine groups is 1. The van der Waals surface area contributed by atoms with Gasteiger partial charge in [-0.25, -0.2) is 0 Å². The van der Waals surface area contributed by atoms with Gasteiger partial charge >= 0.3 is 0 Å². The molecule has 5 heteroatoms. The van der Waals surface area contributed by atoms with Crippen LogP contribution in [0.15, 0.2) is 30.3 Å². The molecular formula is C14H13ClN4. The van der Waals surface area contributed by atoms with Crippen molar-refractivity contribution in [3.05, 3.63) is 47.2 Å². The number of fused-ring (bicyclic) bond motifs is 1. The lowest BCUT2D eigenvalue weighted by atomic mass is 10.1. The summed E-state index contributed by atoms with van der Waals surface area (Å²) in [4.78, 5) is 0. The molecule has 1 aliphatic heterocycles. The summed E-state index contributed by atoms with van der Waals surface area (Å²) in [5.74, 6) is 1.41. The third-order valence-corrected chi connectivity index (χ3v) is 3.95. The van der Waals surface area contributed by atoms with Crippen molar-refractivity contribution in [3.8, 4) is 0 Å². The highest BCUT2D eigenvalue weighted by molar-refractivity contribution is 6.53. The molecule has 2 heterocycles. The maximum absolute atomic E-state index is 6.58. The highest BCUT2D eigenvalue weighted by Crippen LogP contribution is 2.46. The van der Waals surface area contributed by atoms with Crippen LogP contribution in [0.3, 0.4) is 0 Å². The molecule has 3 N–H and O–H groups in total. The number of aromatic nitrogens is 2. The summed E-state index contributed by atoms with van der Waals surface area (Å²) < 4.78 is 0. The lowest BCUT2D eigenvalue weighted by Gasteiger charge is -2.21. The second-order valence-corrected chi connectivity index (χ2v) is 5.32. The number of hydrogen-bond donors (Lipinski definition) is 3. The lowest BCUT2D eigenvalue weighted by molar-refractivity contribution is 0.957. The molecule has 1 aromatic heterocycles. The predicted molar refractivity (Wildman–Crippen MR) is 76.4 cm³/mol. The number of aromatic amines is 1. The standard InChI is InChI=1S/C14H13ClN4/c15-11-10-12(9-6-7-9)16-18-14(10)19-17-13(11)8-4-2-1-3-5-8/h1-5,9,17H,6-7H2,(H2,16,18,19). The Hall–Kier alpha value is -1.94. The molecule has 0 unspecified atom stereocenters. The van der Waals surface area contributed by atoms with E-state index in [4.69, 9.17) is 11.6 Å². The second-order valence-electron chi connectivity index (χ2n) is 4.94. The topological polar surface area (TPSA) is 52.7 Å². The average molecular weight is 273 g/mol. The van der Waals surface area contributed by atoms with Gasteiger partial charge in [-0.2, -0.15) is 5.10 Å². The SMILES string of the molecule is ClC1=C(c2ccccc2)NNc2[nH]nc(C3CC3)c21. The minimum Gasteiger partial charge on any atom is -0.297 e. The number of H-pyrrole nitrogens is 1. The molecule has 96 valence electrons. The van der Waals surface area contributed by atoms with Gasteiger partial charge in [-0.05, 0) is 12.8 Å². The molecule has 4 nitrogen and oxygen atoms in total. The van der Waals surface area contributed by atoms with Crippen molar-refractivity contribution >= 4 is 28.1 Å². The maximum Gasteiger partial charge on any atom is 0.149 e. The normalized spacial score (nSPS) is 17.7. The zero-order valence-electron chi connectivity index (χ0n) is 10.2. The Morgan fingerprint density at radius 1 is 1.11 bits per heavy atom. The van der Waals surface area contributed by atoms with Crippen molar-refractivity contribution in [1.29, 1.82) is 0 Å². The van der Waals surface area contributed by atoms with Gasteiger partial charge in [0.15, 0.2) is 0 Å². The van der Waals surface area contributed by atoms with E-state index in [-0.39, 0.29) is 0 Å². The first kappa shape index (κ1) is 10.9. The van der Waals surface area contributed by atoms with Crippen LogP contribution in [0, 0.1) is 0 Å². The van der Waals surface area contributed by atoms with Crippen LogP contribution in [0.5, 0.6) is 0 Å². The predicted octanol–water partition coefficient (Wildman–Crippen LogP) is 3.28. The molecule has 0 spiro atoms. The summed E-state index contributed by atoms with van der Waals surface area (Å²) >= 11 is 6.58. The maximum atomic E-state index is 6.58. The summed E-state index contributed by atoms with van der Waals surface area (Å²) in [6, 6.07) is 10.1. The minimum atomic E-state index is 0.561. The van der Waals surface area contributed by atoms with Crippen LogP contribution in [0.4, 0.5) is 5.82 Å². The van der Waals surface area contributed by atoms with Crippen molar-refractivity contribution < 1.29 is 0 Å². The number of benzene rings is 1. The molecule has 4 rings (SSSR count). The van der Waals surface area contributed by atoms with Gasteiger partial charge in [0.1, 0.15) is 5.82 Å². The van der Waals surface area contributed by atoms with Gasteiger partial charge in [0.25, 0.3) is 0 Å². The van der Waals surface area contributed by atoms with Crippen LogP contribution in [0.2, 0.25) is 0 Å². The second kappa shape index (κ2) is 4.03. The Bertz CT molecular complexity index is 655. The monoisotopic (exact) mass is 272 g/mol. The van der Waals surface area contributed by atoms with Crippen molar-refractivity contribution in [2.75, 3.05) is 5.43 Å². The van der Waals surface area contributed by atoms with E-state index in [1.165, 1.54) is 12.8 Å². The van der Waals surface area contributed by atoms with Crippen LogP contribution in [0.1, 0.15) is 35.6 Å². The fourth-order valence-corrected chi connectivity index (χ4v) is 2.78. The third-order valence-electron chi connectivity index (χ3n) is 3.57. The molecule has 0 radical (unpaired) electrons. The van der Waals surface area contributed by atoms with Gasteiger partial charge in [-0.1, -0.05) is 41.9 Å². The fourth-order valence-electron chi connectivity index (χ4n) is 2.43. The van der Waals surface area contributed by atoms with Crippen molar-refractivity contribution in [1.82, 2.24) is 15.6 Å². The average Bonchev–Trinajstić information content (AvgIpc) is 3.20. The molecule has 1 fully saturated rings. The summed E-state index contributed by atoms with van der Waals surface area (Å²) in [6.45, 7) is 0. The van der Waals surface area contributed by atoms with Crippen LogP contribution in [0.25, 0.3) is 10.7 Å². The van der Waals surface area contributed by atoms with E-state index in [0.717, 1.165) is 33.4 Å². The quantitative estimate of drug-likeness (QED) is 0.786. The van der Waals surface area contributed by atoms with Crippen LogP contribution in [-0.4, -0.2) is 10.2 Å². The van der Waals surface area contributed by atoms with Gasteiger partial charge in [0, 0.05) is 11.5 Å². The van der Waals surface area contributed by atoms with Gasteiger partial charge < -0.3 is 0 Å². The molecular weight excluding hydrogens is 260 g/mol. The summed E-state index contributed by atoms with van der Waals surface area (Å²) in [6.07, 6.45) is 2.41. The van der Waals surface area contributed by atoms with E-state index in [1.54, 1.807) is 0 Å². The van der Waals surface area contributed by atoms with E-state index in [1.807, 2.05) is 30.3 Å². The van der Waals surface area contributed by atoms with E-state index in [9.17, 15) is 0 Å². The van der Waals surface area contributed by atoms with Crippen LogP contribution >= 0.6 is 11.6 Å². The van der Waals surface area contributed by atoms with Gasteiger partial charge in [0.2, 0.25) is 0 Å². The molecule has 0 bridgehead atoms. The van der Waals surface area contributed by atoms with E-state index >= 15 is 0 Å². The molecule has 1 saturated carbocycles. The summed E-state index contributed by atoms with van der Waals surface area (Å²) in [7, 11) is 0. The first-order chi connectivity index (χ1) is 9.34. The van der Waals surface area contributed by atoms with E-state index in [0.29, 0.717) is 5.92 Å². The Kier molecular flexibility index (Phi) is 2.32. The Morgan fingerprint density at radius 2 is 1.89 bits per heavy atom.